The van der Waals surface area contributed by atoms with Gasteiger partial charge in [0.25, 0.3) is 0 Å². The molecule has 6 nitrogen and oxygen atoms in total. The van der Waals surface area contributed by atoms with E-state index in [1.54, 1.807) is 0 Å². The Labute approximate surface area is 185 Å². The molecule has 0 bridgehead atoms. The highest BCUT2D eigenvalue weighted by atomic mass is 127. The molecular formula is C21H34IN5O. The van der Waals surface area contributed by atoms with E-state index in [-0.39, 0.29) is 24.0 Å². The van der Waals surface area contributed by atoms with E-state index in [0.717, 1.165) is 77.7 Å². The van der Waals surface area contributed by atoms with E-state index >= 15 is 0 Å². The molecule has 1 fully saturated rings. The van der Waals surface area contributed by atoms with Gasteiger partial charge in [-0.25, -0.2) is 0 Å². The molecule has 1 aliphatic heterocycles. The summed E-state index contributed by atoms with van der Waals surface area (Å²) in [6.07, 6.45) is 5.35. The van der Waals surface area contributed by atoms with Crippen molar-refractivity contribution in [2.45, 2.75) is 26.2 Å². The fraction of sp³-hybridized carbons (Fsp3) is 0.571. The number of aliphatic imine (C=N–C) groups is 1. The number of nitrogens with one attached hydrogen (secondary N) is 3. The minimum Gasteiger partial charge on any atom is -0.379 e. The number of aryl methyl sites for hydroxylation is 1. The zero-order valence-electron chi connectivity index (χ0n) is 16.9. The molecule has 0 spiro atoms. The molecular weight excluding hydrogens is 465 g/mol. The summed E-state index contributed by atoms with van der Waals surface area (Å²) in [6, 6.07) is 8.48. The Morgan fingerprint density at radius 1 is 1.18 bits per heavy atom. The summed E-state index contributed by atoms with van der Waals surface area (Å²) >= 11 is 0. The van der Waals surface area contributed by atoms with Gasteiger partial charge in [-0.3, -0.25) is 9.89 Å². The summed E-state index contributed by atoms with van der Waals surface area (Å²) in [7, 11) is 0. The molecule has 3 rings (SSSR count). The van der Waals surface area contributed by atoms with Crippen molar-refractivity contribution in [3.63, 3.8) is 0 Å². The number of hydrogen-bond acceptors (Lipinski definition) is 3. The van der Waals surface area contributed by atoms with Crippen LogP contribution in [-0.2, 0) is 11.2 Å². The first-order valence-electron chi connectivity index (χ1n) is 10.2. The van der Waals surface area contributed by atoms with Gasteiger partial charge in [0.05, 0.1) is 13.2 Å². The molecule has 2 heterocycles. The Bertz CT molecular complexity index is 712. The van der Waals surface area contributed by atoms with E-state index in [1.807, 2.05) is 0 Å². The maximum atomic E-state index is 5.39. The zero-order valence-corrected chi connectivity index (χ0v) is 19.2. The normalized spacial score (nSPS) is 15.4. The van der Waals surface area contributed by atoms with Crippen molar-refractivity contribution in [3.8, 4) is 0 Å². The van der Waals surface area contributed by atoms with Crippen molar-refractivity contribution >= 4 is 40.8 Å². The zero-order chi connectivity index (χ0) is 18.7. The number of halogens is 1. The maximum Gasteiger partial charge on any atom is 0.191 e. The van der Waals surface area contributed by atoms with Gasteiger partial charge in [-0.05, 0) is 44.4 Å². The van der Waals surface area contributed by atoms with Crippen LogP contribution in [0.15, 0.2) is 35.5 Å². The van der Waals surface area contributed by atoms with Gasteiger partial charge < -0.3 is 20.4 Å². The lowest BCUT2D eigenvalue weighted by molar-refractivity contribution is 0.0376. The fourth-order valence-corrected chi connectivity index (χ4v) is 3.47. The molecule has 28 heavy (non-hydrogen) atoms. The number of aromatic nitrogens is 1. The predicted octanol–water partition coefficient (Wildman–Crippen LogP) is 3.00. The highest BCUT2D eigenvalue weighted by molar-refractivity contribution is 14.0. The second kappa shape index (κ2) is 13.0. The first-order valence-corrected chi connectivity index (χ1v) is 10.2. The third-order valence-electron chi connectivity index (χ3n) is 4.94. The third-order valence-corrected chi connectivity index (χ3v) is 4.94. The molecule has 2 aromatic rings. The van der Waals surface area contributed by atoms with Gasteiger partial charge in [0.2, 0.25) is 0 Å². The number of morpholine rings is 1. The second-order valence-corrected chi connectivity index (χ2v) is 6.96. The highest BCUT2D eigenvalue weighted by Crippen LogP contribution is 2.18. The first kappa shape index (κ1) is 23.0. The number of hydrogen-bond donors (Lipinski definition) is 3. The van der Waals surface area contributed by atoms with Crippen LogP contribution in [0.5, 0.6) is 0 Å². The van der Waals surface area contributed by atoms with E-state index < -0.39 is 0 Å². The topological polar surface area (TPSA) is 64.7 Å². The van der Waals surface area contributed by atoms with E-state index in [2.05, 4.69) is 57.9 Å². The molecule has 0 saturated carbocycles. The van der Waals surface area contributed by atoms with Crippen molar-refractivity contribution < 1.29 is 4.74 Å². The van der Waals surface area contributed by atoms with Crippen LogP contribution in [0.4, 0.5) is 0 Å². The number of H-pyrrole nitrogens is 1. The van der Waals surface area contributed by atoms with Gasteiger partial charge in [-0.2, -0.15) is 0 Å². The second-order valence-electron chi connectivity index (χ2n) is 6.96. The smallest absolute Gasteiger partial charge is 0.191 e. The van der Waals surface area contributed by atoms with Crippen LogP contribution < -0.4 is 10.6 Å². The van der Waals surface area contributed by atoms with Crippen molar-refractivity contribution in [2.75, 3.05) is 52.5 Å². The quantitative estimate of drug-likeness (QED) is 0.215. The van der Waals surface area contributed by atoms with Crippen LogP contribution in [0, 0.1) is 0 Å². The number of aromatic amines is 1. The minimum absolute atomic E-state index is 0. The van der Waals surface area contributed by atoms with E-state index in [0.29, 0.717) is 0 Å². The van der Waals surface area contributed by atoms with Crippen LogP contribution in [0.25, 0.3) is 10.9 Å². The Morgan fingerprint density at radius 3 is 2.82 bits per heavy atom. The number of ether oxygens (including phenoxy) is 1. The largest absolute Gasteiger partial charge is 0.379 e. The minimum atomic E-state index is 0. The molecule has 1 saturated heterocycles. The molecule has 0 amide bonds. The molecule has 0 unspecified atom stereocenters. The first-order chi connectivity index (χ1) is 13.4. The van der Waals surface area contributed by atoms with Crippen LogP contribution in [0.2, 0.25) is 0 Å². The lowest BCUT2D eigenvalue weighted by Gasteiger charge is -2.26. The highest BCUT2D eigenvalue weighted by Gasteiger charge is 2.09. The van der Waals surface area contributed by atoms with Crippen LogP contribution >= 0.6 is 24.0 Å². The third kappa shape index (κ3) is 7.25. The SMILES string of the molecule is CCNC(=NCCCc1c[nH]c2ccccc12)NCCCN1CCOCC1.I. The predicted molar refractivity (Wildman–Crippen MR) is 128 cm³/mol. The molecule has 156 valence electrons. The van der Waals surface area contributed by atoms with Gasteiger partial charge in [0.15, 0.2) is 5.96 Å². The summed E-state index contributed by atoms with van der Waals surface area (Å²) in [5, 5.41) is 8.13. The van der Waals surface area contributed by atoms with Crippen LogP contribution in [0.3, 0.4) is 0 Å². The molecule has 1 aromatic heterocycles. The lowest BCUT2D eigenvalue weighted by atomic mass is 10.1. The maximum absolute atomic E-state index is 5.39. The van der Waals surface area contributed by atoms with Crippen LogP contribution in [-0.4, -0.2) is 68.3 Å². The Kier molecular flexibility index (Phi) is 10.7. The standard InChI is InChI=1S/C21H33N5O.HI/c1-2-22-21(24-11-6-12-26-13-15-27-16-14-26)23-10-5-7-18-17-25-20-9-4-3-8-19(18)20;/h3-4,8-9,17,25H,2,5-7,10-16H2,1H3,(H2,22,23,24);1H. The summed E-state index contributed by atoms with van der Waals surface area (Å²) in [6.45, 7) is 9.75. The molecule has 1 aromatic carbocycles. The molecule has 1 aliphatic rings. The number of rotatable bonds is 9. The van der Waals surface area contributed by atoms with E-state index in [9.17, 15) is 0 Å². The average molecular weight is 499 g/mol. The van der Waals surface area contributed by atoms with Gasteiger partial charge in [-0.15, -0.1) is 24.0 Å². The molecule has 0 atom stereocenters. The summed E-state index contributed by atoms with van der Waals surface area (Å²) in [5.74, 6) is 0.929. The Hall–Kier alpha value is -1.32. The van der Waals surface area contributed by atoms with Crippen molar-refractivity contribution in [1.82, 2.24) is 20.5 Å². The monoisotopic (exact) mass is 499 g/mol. The molecule has 7 heteroatoms. The number of guanidine groups is 1. The van der Waals surface area contributed by atoms with Gasteiger partial charge in [0.1, 0.15) is 0 Å². The number of nitrogens with zero attached hydrogens (tertiary/aromatic N) is 2. The van der Waals surface area contributed by atoms with Gasteiger partial charge in [-0.1, -0.05) is 18.2 Å². The molecule has 3 N–H and O–H groups in total. The Morgan fingerprint density at radius 2 is 2.00 bits per heavy atom. The van der Waals surface area contributed by atoms with Crippen LogP contribution in [0.1, 0.15) is 25.3 Å². The number of benzene rings is 1. The lowest BCUT2D eigenvalue weighted by Crippen LogP contribution is -2.40. The fourth-order valence-electron chi connectivity index (χ4n) is 3.47. The molecule has 0 aliphatic carbocycles. The van der Waals surface area contributed by atoms with Crippen molar-refractivity contribution in [3.05, 3.63) is 36.0 Å². The number of para-hydroxylation sites is 1. The van der Waals surface area contributed by atoms with E-state index in [1.165, 1.54) is 16.5 Å². The summed E-state index contributed by atoms with van der Waals surface area (Å²) in [4.78, 5) is 10.5. The Balaban J connectivity index is 0.00000280. The molecule has 0 radical (unpaired) electrons. The average Bonchev–Trinajstić information content (AvgIpc) is 3.12. The van der Waals surface area contributed by atoms with Gasteiger partial charge in [0, 0.05) is 49.8 Å². The van der Waals surface area contributed by atoms with Crippen molar-refractivity contribution in [2.24, 2.45) is 4.99 Å². The number of fused-ring (bicyclic) bond motifs is 1. The van der Waals surface area contributed by atoms with E-state index in [4.69, 9.17) is 9.73 Å². The summed E-state index contributed by atoms with van der Waals surface area (Å²) in [5.41, 5.74) is 2.59. The van der Waals surface area contributed by atoms with Crippen molar-refractivity contribution in [1.29, 1.82) is 0 Å². The van der Waals surface area contributed by atoms with Gasteiger partial charge >= 0.3 is 0 Å². The summed E-state index contributed by atoms with van der Waals surface area (Å²) < 4.78 is 5.39.